The quantitative estimate of drug-likeness (QED) is 0.194. The number of ether oxygens (including phenoxy) is 3. The number of rotatable bonds is 10. The van der Waals surface area contributed by atoms with E-state index in [1.165, 1.54) is 7.11 Å². The second-order valence-electron chi connectivity index (χ2n) is 11.5. The van der Waals surface area contributed by atoms with Crippen molar-refractivity contribution in [2.45, 2.75) is 52.9 Å². The molecule has 0 saturated heterocycles. The molecule has 0 amide bonds. The molecule has 1 heterocycles. The van der Waals surface area contributed by atoms with Gasteiger partial charge in [0, 0.05) is 23.7 Å². The summed E-state index contributed by atoms with van der Waals surface area (Å²) in [6.45, 7) is 8.31. The second kappa shape index (κ2) is 13.9. The monoisotopic (exact) mass is 640 g/mol. The highest BCUT2D eigenvalue weighted by atomic mass is 35.5. The summed E-state index contributed by atoms with van der Waals surface area (Å²) >= 11 is 6.42. The molecular formula is C30H41ClN2O9S. The van der Waals surface area contributed by atoms with Gasteiger partial charge in [-0.1, -0.05) is 43.6 Å². The van der Waals surface area contributed by atoms with Gasteiger partial charge in [0.05, 0.1) is 60.9 Å². The minimum absolute atomic E-state index is 0.0152. The number of carbonyl (C=O) groups is 3. The molecule has 43 heavy (non-hydrogen) atoms. The first-order chi connectivity index (χ1) is 20.1. The normalized spacial score (nSPS) is 24.3. The van der Waals surface area contributed by atoms with Gasteiger partial charge < -0.3 is 25.3 Å². The molecule has 3 aliphatic rings. The van der Waals surface area contributed by atoms with Crippen LogP contribution in [-0.4, -0.2) is 69.9 Å². The number of nitrogens with two attached hydrogens (primary N) is 1. The number of carbonyl (C=O) groups excluding carboxylic acids is 3. The van der Waals surface area contributed by atoms with Gasteiger partial charge in [0.15, 0.2) is 0 Å². The first-order valence-electron chi connectivity index (χ1n) is 14.1. The van der Waals surface area contributed by atoms with Crippen molar-refractivity contribution in [3.63, 3.8) is 0 Å². The van der Waals surface area contributed by atoms with E-state index in [4.69, 9.17) is 36.1 Å². The Morgan fingerprint density at radius 1 is 1.19 bits per heavy atom. The summed E-state index contributed by atoms with van der Waals surface area (Å²) in [6, 6.07) is 7.05. The Morgan fingerprint density at radius 2 is 1.86 bits per heavy atom. The molecule has 2 fully saturated rings. The van der Waals surface area contributed by atoms with E-state index in [1.54, 1.807) is 38.1 Å². The molecule has 1 aromatic carbocycles. The first kappa shape index (κ1) is 34.7. The van der Waals surface area contributed by atoms with Gasteiger partial charge in [0.2, 0.25) is 0 Å². The number of ketones is 1. The Hall–Kier alpha value is -2.77. The van der Waals surface area contributed by atoms with E-state index in [9.17, 15) is 22.8 Å². The zero-order valence-electron chi connectivity index (χ0n) is 25.2. The summed E-state index contributed by atoms with van der Waals surface area (Å²) in [6.07, 6.45) is 1.97. The zero-order valence-corrected chi connectivity index (χ0v) is 26.8. The van der Waals surface area contributed by atoms with Crippen molar-refractivity contribution >= 4 is 39.4 Å². The maximum atomic E-state index is 12.9. The van der Waals surface area contributed by atoms with Crippen LogP contribution in [0.25, 0.3) is 0 Å². The van der Waals surface area contributed by atoms with Crippen LogP contribution in [0.5, 0.6) is 0 Å². The molecule has 238 valence electrons. The molecule has 0 unspecified atom stereocenters. The molecule has 0 spiro atoms. The van der Waals surface area contributed by atoms with Crippen LogP contribution in [0, 0.1) is 16.7 Å². The summed E-state index contributed by atoms with van der Waals surface area (Å²) in [4.78, 5) is 37.3. The number of hydrogen-bond acceptors (Lipinski definition) is 10. The van der Waals surface area contributed by atoms with Crippen LogP contribution in [0.15, 0.2) is 46.8 Å². The lowest BCUT2D eigenvalue weighted by atomic mass is 9.70. The van der Waals surface area contributed by atoms with Crippen molar-refractivity contribution < 1.29 is 41.6 Å². The number of Topliss-reactive ketones (excluding diaryl/α,β-unsaturated/α-hetero) is 1. The highest BCUT2D eigenvalue weighted by Gasteiger charge is 2.65. The molecular weight excluding hydrogens is 600 g/mol. The van der Waals surface area contributed by atoms with Gasteiger partial charge in [-0.25, -0.2) is 9.59 Å². The van der Waals surface area contributed by atoms with Crippen molar-refractivity contribution in [1.29, 1.82) is 0 Å². The van der Waals surface area contributed by atoms with Gasteiger partial charge in [-0.15, -0.1) is 0 Å². The van der Waals surface area contributed by atoms with Crippen molar-refractivity contribution in [2.75, 3.05) is 39.2 Å². The van der Waals surface area contributed by atoms with Gasteiger partial charge in [0.1, 0.15) is 5.78 Å². The number of dihydropyridines is 1. The van der Waals surface area contributed by atoms with Crippen molar-refractivity contribution in [3.8, 4) is 0 Å². The largest absolute Gasteiger partial charge is 0.466 e. The molecule has 4 rings (SSSR count). The van der Waals surface area contributed by atoms with E-state index in [0.29, 0.717) is 53.5 Å². The third-order valence-electron chi connectivity index (χ3n) is 8.84. The number of esters is 2. The Morgan fingerprint density at radius 3 is 2.37 bits per heavy atom. The predicted octanol–water partition coefficient (Wildman–Crippen LogP) is 3.54. The van der Waals surface area contributed by atoms with Crippen LogP contribution in [-0.2, 0) is 38.7 Å². The zero-order chi connectivity index (χ0) is 32.2. The van der Waals surface area contributed by atoms with Crippen LogP contribution in [0.1, 0.15) is 58.4 Å². The number of nitrogens with one attached hydrogen (secondary N) is 1. The van der Waals surface area contributed by atoms with E-state index in [2.05, 4.69) is 5.32 Å². The van der Waals surface area contributed by atoms with Gasteiger partial charge >= 0.3 is 11.9 Å². The van der Waals surface area contributed by atoms with E-state index in [1.807, 2.05) is 13.8 Å². The Balaban J connectivity index is 0.000000282. The van der Waals surface area contributed by atoms with Crippen molar-refractivity contribution in [3.05, 3.63) is 57.4 Å². The SMILES string of the molecule is CC1(C)[C@@H]2CC[C@@]1(CS(=O)(=O)O)C(=O)C2.CCOC(=O)C1=C(COCCN)NC(C)=C(C(=O)OC)[C@@H]1c1ccccc1Cl. The maximum Gasteiger partial charge on any atom is 0.336 e. The average molecular weight is 641 g/mol. The van der Waals surface area contributed by atoms with Crippen LogP contribution in [0.3, 0.4) is 0 Å². The lowest BCUT2D eigenvalue weighted by Crippen LogP contribution is -2.42. The third kappa shape index (κ3) is 7.15. The average Bonchev–Trinajstić information content (AvgIpc) is 3.26. The third-order valence-corrected chi connectivity index (χ3v) is 10.0. The Labute approximate surface area is 257 Å². The minimum Gasteiger partial charge on any atom is -0.466 e. The fourth-order valence-electron chi connectivity index (χ4n) is 6.54. The molecule has 0 radical (unpaired) electrons. The topological polar surface area (TPSA) is 171 Å². The van der Waals surface area contributed by atoms with Crippen LogP contribution < -0.4 is 11.1 Å². The number of fused-ring (bicyclic) bond motifs is 2. The molecule has 3 atom stereocenters. The van der Waals surface area contributed by atoms with Crippen LogP contribution in [0.4, 0.5) is 0 Å². The summed E-state index contributed by atoms with van der Waals surface area (Å²) in [5, 5.41) is 3.52. The molecule has 4 N–H and O–H groups in total. The van der Waals surface area contributed by atoms with E-state index >= 15 is 0 Å². The molecule has 2 saturated carbocycles. The molecule has 1 aliphatic heterocycles. The van der Waals surface area contributed by atoms with Crippen molar-refractivity contribution in [1.82, 2.24) is 5.32 Å². The lowest BCUT2D eigenvalue weighted by molar-refractivity contribution is -0.139. The van der Waals surface area contributed by atoms with Gasteiger partial charge in [-0.05, 0) is 49.7 Å². The molecule has 0 aromatic heterocycles. The molecule has 13 heteroatoms. The van der Waals surface area contributed by atoms with E-state index in [0.717, 1.165) is 6.42 Å². The van der Waals surface area contributed by atoms with Crippen molar-refractivity contribution in [2.24, 2.45) is 22.5 Å². The Bertz CT molecular complexity index is 1420. The number of benzene rings is 1. The smallest absolute Gasteiger partial charge is 0.336 e. The lowest BCUT2D eigenvalue weighted by Gasteiger charge is -2.35. The summed E-state index contributed by atoms with van der Waals surface area (Å²) < 4.78 is 46.8. The second-order valence-corrected chi connectivity index (χ2v) is 13.3. The number of allylic oxidation sites excluding steroid dienone is 1. The fraction of sp³-hybridized carbons (Fsp3) is 0.567. The van der Waals surface area contributed by atoms with E-state index < -0.39 is 39.1 Å². The number of halogens is 1. The van der Waals surface area contributed by atoms with Gasteiger partial charge in [0.25, 0.3) is 10.1 Å². The first-order valence-corrected chi connectivity index (χ1v) is 16.1. The summed E-state index contributed by atoms with van der Waals surface area (Å²) in [5.41, 5.74) is 6.58. The maximum absolute atomic E-state index is 12.9. The Kier molecular flexibility index (Phi) is 11.2. The molecule has 2 aliphatic carbocycles. The molecule has 11 nitrogen and oxygen atoms in total. The number of hydrogen-bond donors (Lipinski definition) is 3. The fourth-order valence-corrected chi connectivity index (χ4v) is 8.08. The van der Waals surface area contributed by atoms with Gasteiger partial charge in [-0.3, -0.25) is 9.35 Å². The predicted molar refractivity (Wildman–Crippen MR) is 161 cm³/mol. The van der Waals surface area contributed by atoms with Gasteiger partial charge in [-0.2, -0.15) is 8.42 Å². The van der Waals surface area contributed by atoms with Crippen LogP contribution >= 0.6 is 11.6 Å². The summed E-state index contributed by atoms with van der Waals surface area (Å²) in [7, 11) is -2.78. The highest BCUT2D eigenvalue weighted by Crippen LogP contribution is 2.64. The standard InChI is InChI=1S/C20H25ClN2O5.C10H16O4S/c1-4-28-20(25)18-15(11-27-10-9-22)23-12(2)16(19(24)26-3)17(18)13-7-5-6-8-14(13)21;1-9(2)7-3-4-10(9,8(11)5-7)6-15(12,13)14/h5-8,17,23H,4,9-11,22H2,1-3H3;7H,3-6H2,1-2H3,(H,12,13,14)/t17-;7-,10-/m01/s1. The minimum atomic E-state index is -4.08. The molecule has 1 aromatic rings. The number of methoxy groups -OCH3 is 1. The van der Waals surface area contributed by atoms with E-state index in [-0.39, 0.29) is 35.9 Å². The van der Waals surface area contributed by atoms with Crippen LogP contribution in [0.2, 0.25) is 5.02 Å². The summed E-state index contributed by atoms with van der Waals surface area (Å²) in [5.74, 6) is -1.97. The highest BCUT2D eigenvalue weighted by molar-refractivity contribution is 7.85. The molecule has 2 bridgehead atoms.